The number of thioether (sulfide) groups is 1. The number of hydrogen-bond acceptors (Lipinski definition) is 4. The summed E-state index contributed by atoms with van der Waals surface area (Å²) in [6.45, 7) is 0. The third-order valence-electron chi connectivity index (χ3n) is 1.11. The summed E-state index contributed by atoms with van der Waals surface area (Å²) in [6, 6.07) is 1.88. The van der Waals surface area contributed by atoms with Crippen LogP contribution in [0.15, 0.2) is 16.3 Å². The van der Waals surface area contributed by atoms with Crippen molar-refractivity contribution < 1.29 is 10.0 Å². The predicted molar refractivity (Wildman–Crippen MR) is 45.9 cm³/mol. The van der Waals surface area contributed by atoms with E-state index >= 15 is 0 Å². The molecule has 0 saturated heterocycles. The van der Waals surface area contributed by atoms with Crippen LogP contribution in [0, 0.1) is 0 Å². The third-order valence-corrected chi connectivity index (χ3v) is 2.99. The van der Waals surface area contributed by atoms with Crippen LogP contribution >= 0.6 is 23.1 Å². The fraction of sp³-hybridized carbons (Fsp3) is 0.200. The Morgan fingerprint density at radius 2 is 2.30 bits per heavy atom. The summed E-state index contributed by atoms with van der Waals surface area (Å²) < 4.78 is 0.632. The first kappa shape index (κ1) is 8.13. The highest BCUT2D eigenvalue weighted by Gasteiger charge is 2.16. The standard InChI is InChI=1S/C5H7BO2S2/c1-9-4-2-3-10-5(4)6(7)8/h2-3,7-8H,1H3. The van der Waals surface area contributed by atoms with Gasteiger partial charge in [0.15, 0.2) is 0 Å². The molecule has 0 amide bonds. The van der Waals surface area contributed by atoms with E-state index in [0.717, 1.165) is 4.90 Å². The molecule has 0 unspecified atom stereocenters. The lowest BCUT2D eigenvalue weighted by molar-refractivity contribution is 0.426. The Bertz CT molecular complexity index is 211. The Balaban J connectivity index is 2.90. The van der Waals surface area contributed by atoms with Crippen molar-refractivity contribution in [3.63, 3.8) is 0 Å². The summed E-state index contributed by atoms with van der Waals surface area (Å²) in [6.07, 6.45) is 1.91. The maximum Gasteiger partial charge on any atom is 0.500 e. The summed E-state index contributed by atoms with van der Waals surface area (Å²) in [5.41, 5.74) is 0. The van der Waals surface area contributed by atoms with Crippen molar-refractivity contribution in [2.75, 3.05) is 6.26 Å². The molecular weight excluding hydrogens is 167 g/mol. The molecule has 0 bridgehead atoms. The topological polar surface area (TPSA) is 40.5 Å². The average molecular weight is 174 g/mol. The second kappa shape index (κ2) is 3.43. The molecule has 0 atom stereocenters. The molecular formula is C5H7BO2S2. The molecule has 0 saturated carbocycles. The van der Waals surface area contributed by atoms with Crippen molar-refractivity contribution in [1.82, 2.24) is 0 Å². The zero-order valence-corrected chi connectivity index (χ0v) is 7.08. The Labute approximate surface area is 68.0 Å². The van der Waals surface area contributed by atoms with Crippen LogP contribution in [0.1, 0.15) is 0 Å². The van der Waals surface area contributed by atoms with Gasteiger partial charge in [0.1, 0.15) is 0 Å². The minimum Gasteiger partial charge on any atom is -0.423 e. The van der Waals surface area contributed by atoms with Crippen molar-refractivity contribution in [2.24, 2.45) is 0 Å². The van der Waals surface area contributed by atoms with E-state index in [4.69, 9.17) is 10.0 Å². The van der Waals surface area contributed by atoms with Gasteiger partial charge in [0.25, 0.3) is 0 Å². The fourth-order valence-electron chi connectivity index (χ4n) is 0.666. The van der Waals surface area contributed by atoms with Crippen LogP contribution in [0.25, 0.3) is 0 Å². The van der Waals surface area contributed by atoms with E-state index < -0.39 is 7.12 Å². The van der Waals surface area contributed by atoms with Gasteiger partial charge in [-0.15, -0.1) is 11.8 Å². The van der Waals surface area contributed by atoms with Crippen LogP contribution in [-0.4, -0.2) is 23.4 Å². The van der Waals surface area contributed by atoms with Gasteiger partial charge in [0, 0.05) is 9.67 Å². The van der Waals surface area contributed by atoms with Crippen molar-refractivity contribution >= 4 is 35.0 Å². The molecule has 1 aromatic rings. The van der Waals surface area contributed by atoms with E-state index in [1.54, 1.807) is 0 Å². The molecule has 1 heterocycles. The van der Waals surface area contributed by atoms with E-state index in [9.17, 15) is 0 Å². The highest BCUT2D eigenvalue weighted by atomic mass is 32.2. The molecule has 1 rings (SSSR count). The van der Waals surface area contributed by atoms with Crippen LogP contribution < -0.4 is 4.78 Å². The first-order valence-corrected chi connectivity index (χ1v) is 4.83. The smallest absolute Gasteiger partial charge is 0.423 e. The van der Waals surface area contributed by atoms with Gasteiger partial charge < -0.3 is 10.0 Å². The normalized spacial score (nSPS) is 9.90. The van der Waals surface area contributed by atoms with Crippen LogP contribution in [0.4, 0.5) is 0 Å². The molecule has 1 aromatic heterocycles. The molecule has 5 heteroatoms. The molecule has 0 fully saturated rings. The first-order chi connectivity index (χ1) is 4.75. The molecule has 0 aliphatic rings. The molecule has 2 N–H and O–H groups in total. The number of rotatable bonds is 2. The van der Waals surface area contributed by atoms with Gasteiger partial charge in [-0.05, 0) is 17.7 Å². The van der Waals surface area contributed by atoms with E-state index in [2.05, 4.69) is 0 Å². The molecule has 0 spiro atoms. The molecule has 0 aliphatic carbocycles. The summed E-state index contributed by atoms with van der Waals surface area (Å²) in [5.74, 6) is 0. The summed E-state index contributed by atoms with van der Waals surface area (Å²) in [7, 11) is -1.32. The lowest BCUT2D eigenvalue weighted by Crippen LogP contribution is -2.28. The lowest BCUT2D eigenvalue weighted by atomic mass is 9.90. The Kier molecular flexibility index (Phi) is 2.79. The molecule has 10 heavy (non-hydrogen) atoms. The second-order valence-corrected chi connectivity index (χ2v) is 3.52. The minimum absolute atomic E-state index is 0.632. The zero-order valence-electron chi connectivity index (χ0n) is 5.44. The van der Waals surface area contributed by atoms with E-state index in [-0.39, 0.29) is 0 Å². The van der Waals surface area contributed by atoms with Gasteiger partial charge >= 0.3 is 7.12 Å². The zero-order chi connectivity index (χ0) is 7.56. The van der Waals surface area contributed by atoms with Crippen molar-refractivity contribution in [3.8, 4) is 0 Å². The fourth-order valence-corrected chi connectivity index (χ4v) is 2.31. The molecule has 0 aromatic carbocycles. The Morgan fingerprint density at radius 3 is 2.70 bits per heavy atom. The summed E-state index contributed by atoms with van der Waals surface area (Å²) in [4.78, 5) is 0.944. The SMILES string of the molecule is CSc1ccsc1B(O)O. The molecule has 0 aliphatic heterocycles. The van der Waals surface area contributed by atoms with Crippen LogP contribution in [-0.2, 0) is 0 Å². The first-order valence-electron chi connectivity index (χ1n) is 2.73. The Morgan fingerprint density at radius 1 is 1.60 bits per heavy atom. The van der Waals surface area contributed by atoms with Crippen molar-refractivity contribution in [3.05, 3.63) is 11.4 Å². The van der Waals surface area contributed by atoms with Gasteiger partial charge in [-0.25, -0.2) is 0 Å². The molecule has 2 nitrogen and oxygen atoms in total. The lowest BCUT2D eigenvalue weighted by Gasteiger charge is -1.96. The van der Waals surface area contributed by atoms with Crippen molar-refractivity contribution in [1.29, 1.82) is 0 Å². The average Bonchev–Trinajstić information content (AvgIpc) is 2.33. The molecule has 54 valence electrons. The van der Waals surface area contributed by atoms with E-state index in [0.29, 0.717) is 4.78 Å². The van der Waals surface area contributed by atoms with Gasteiger partial charge in [-0.2, -0.15) is 11.3 Å². The van der Waals surface area contributed by atoms with Gasteiger partial charge in [0.05, 0.1) is 0 Å². The van der Waals surface area contributed by atoms with E-state index in [1.165, 1.54) is 23.1 Å². The highest BCUT2D eigenvalue weighted by Crippen LogP contribution is 2.15. The Hall–Kier alpha value is 0.0349. The monoisotopic (exact) mass is 174 g/mol. The predicted octanol–water partition coefficient (Wildman–Crippen LogP) is 0.150. The van der Waals surface area contributed by atoms with Gasteiger partial charge in [-0.1, -0.05) is 0 Å². The van der Waals surface area contributed by atoms with Gasteiger partial charge in [0.2, 0.25) is 0 Å². The summed E-state index contributed by atoms with van der Waals surface area (Å²) >= 11 is 2.88. The largest absolute Gasteiger partial charge is 0.500 e. The number of thiophene rings is 1. The maximum atomic E-state index is 8.78. The summed E-state index contributed by atoms with van der Waals surface area (Å²) in [5, 5.41) is 19.4. The molecule has 0 radical (unpaired) electrons. The quantitative estimate of drug-likeness (QED) is 0.495. The van der Waals surface area contributed by atoms with Crippen LogP contribution in [0.5, 0.6) is 0 Å². The van der Waals surface area contributed by atoms with Crippen LogP contribution in [0.2, 0.25) is 0 Å². The third kappa shape index (κ3) is 1.55. The van der Waals surface area contributed by atoms with E-state index in [1.807, 2.05) is 17.7 Å². The second-order valence-electron chi connectivity index (χ2n) is 1.73. The van der Waals surface area contributed by atoms with Crippen LogP contribution in [0.3, 0.4) is 0 Å². The minimum atomic E-state index is -1.32. The highest BCUT2D eigenvalue weighted by molar-refractivity contribution is 7.99. The van der Waals surface area contributed by atoms with Crippen molar-refractivity contribution in [2.45, 2.75) is 4.90 Å². The number of hydrogen-bond donors (Lipinski definition) is 2. The van der Waals surface area contributed by atoms with Gasteiger partial charge in [-0.3, -0.25) is 0 Å². The maximum absolute atomic E-state index is 8.78.